The summed E-state index contributed by atoms with van der Waals surface area (Å²) in [7, 11) is 0. The first kappa shape index (κ1) is 50.6. The van der Waals surface area contributed by atoms with Gasteiger partial charge in [0, 0.05) is 12.8 Å². The van der Waals surface area contributed by atoms with Crippen LogP contribution in [0, 0.1) is 23.7 Å². The van der Waals surface area contributed by atoms with E-state index < -0.39 is 83.7 Å². The second kappa shape index (κ2) is 24.5. The Kier molecular flexibility index (Phi) is 20.7. The standard InChI is InChI=1S/C44H67N7O9/c1-10-27(8)37(51-42(57)36(45)26(6)7)43(58)49-34(22-29-14-12-11-13-15-29)41(56)48-33(23-30-16-18-31(52)19-17-30)40(55)47-32(20-24(2)3)39(54)46-28(9)38(53)50-35(44(59)60)21-25(4)5/h11-19,24-28,32-37,52H,10,20-23,45H2,1-9H3,(H,46,54)(H,47,55)(H,48,56)(H,49,58)(H,50,53)(H,51,57)(H,59,60)/t27-,28-,32-,33-,34-,35-,36-,37-/m0/s1. The van der Waals surface area contributed by atoms with Crippen molar-refractivity contribution in [3.8, 4) is 5.75 Å². The molecule has 0 fully saturated rings. The highest BCUT2D eigenvalue weighted by atomic mass is 16.4. The molecule has 60 heavy (non-hydrogen) atoms. The summed E-state index contributed by atoms with van der Waals surface area (Å²) in [4.78, 5) is 93.9. The summed E-state index contributed by atoms with van der Waals surface area (Å²) in [6, 6.07) is 7.03. The molecule has 0 aliphatic rings. The number of carboxylic acids is 1. The highest BCUT2D eigenvalue weighted by Gasteiger charge is 2.35. The van der Waals surface area contributed by atoms with Crippen molar-refractivity contribution in [3.63, 3.8) is 0 Å². The Morgan fingerprint density at radius 2 is 1.00 bits per heavy atom. The summed E-state index contributed by atoms with van der Waals surface area (Å²) in [5.74, 6) is -5.89. The van der Waals surface area contributed by atoms with E-state index in [1.165, 1.54) is 19.1 Å². The molecule has 0 aliphatic carbocycles. The van der Waals surface area contributed by atoms with Crippen LogP contribution < -0.4 is 37.6 Å². The fourth-order valence-corrected chi connectivity index (χ4v) is 6.27. The van der Waals surface area contributed by atoms with E-state index in [4.69, 9.17) is 5.73 Å². The lowest BCUT2D eigenvalue weighted by molar-refractivity contribution is -0.142. The number of carbonyl (C=O) groups excluding carboxylic acids is 6. The van der Waals surface area contributed by atoms with Crippen LogP contribution in [0.3, 0.4) is 0 Å². The molecule has 16 heteroatoms. The molecule has 0 unspecified atom stereocenters. The molecule has 0 saturated carbocycles. The van der Waals surface area contributed by atoms with Crippen LogP contribution >= 0.6 is 0 Å². The van der Waals surface area contributed by atoms with Crippen LogP contribution in [0.5, 0.6) is 5.75 Å². The van der Waals surface area contributed by atoms with Gasteiger partial charge in [0.2, 0.25) is 35.4 Å². The fourth-order valence-electron chi connectivity index (χ4n) is 6.27. The minimum Gasteiger partial charge on any atom is -0.508 e. The highest BCUT2D eigenvalue weighted by molar-refractivity contribution is 5.97. The van der Waals surface area contributed by atoms with Gasteiger partial charge in [-0.1, -0.05) is 104 Å². The topological polar surface area (TPSA) is 258 Å². The maximum absolute atomic E-state index is 14.3. The molecule has 16 nitrogen and oxygen atoms in total. The van der Waals surface area contributed by atoms with E-state index in [-0.39, 0.29) is 55.1 Å². The van der Waals surface area contributed by atoms with Crippen LogP contribution in [0.25, 0.3) is 0 Å². The fraction of sp³-hybridized carbons (Fsp3) is 0.568. The average Bonchev–Trinajstić information content (AvgIpc) is 3.18. The maximum Gasteiger partial charge on any atom is 0.326 e. The largest absolute Gasteiger partial charge is 0.508 e. The third-order valence-electron chi connectivity index (χ3n) is 10.2. The number of carboxylic acid groups (broad SMARTS) is 1. The molecule has 10 N–H and O–H groups in total. The van der Waals surface area contributed by atoms with Gasteiger partial charge < -0.3 is 47.8 Å². The Balaban J connectivity index is 2.46. The maximum atomic E-state index is 14.3. The molecule has 0 heterocycles. The minimum atomic E-state index is -1.30. The van der Waals surface area contributed by atoms with Crippen molar-refractivity contribution in [2.75, 3.05) is 0 Å². The molecular weight excluding hydrogens is 771 g/mol. The number of phenolic OH excluding ortho intramolecular Hbond substituents is 1. The average molecular weight is 838 g/mol. The molecule has 0 bridgehead atoms. The van der Waals surface area contributed by atoms with Crippen molar-refractivity contribution in [3.05, 3.63) is 65.7 Å². The normalized spacial score (nSPS) is 15.3. The smallest absolute Gasteiger partial charge is 0.326 e. The zero-order valence-electron chi connectivity index (χ0n) is 36.4. The summed E-state index contributed by atoms with van der Waals surface area (Å²) in [6.45, 7) is 16.0. The molecule has 2 aromatic rings. The van der Waals surface area contributed by atoms with Crippen LogP contribution in [-0.4, -0.2) is 93.9 Å². The van der Waals surface area contributed by atoms with Gasteiger partial charge in [-0.15, -0.1) is 0 Å². The Bertz CT molecular complexity index is 1740. The Labute approximate surface area is 354 Å². The predicted molar refractivity (Wildman–Crippen MR) is 228 cm³/mol. The first-order valence-corrected chi connectivity index (χ1v) is 20.8. The number of rotatable bonds is 24. The van der Waals surface area contributed by atoms with E-state index in [1.54, 1.807) is 63.2 Å². The molecule has 0 radical (unpaired) electrons. The molecule has 8 atom stereocenters. The van der Waals surface area contributed by atoms with Crippen LogP contribution in [0.4, 0.5) is 0 Å². The molecule has 0 aromatic heterocycles. The lowest BCUT2D eigenvalue weighted by Gasteiger charge is -2.29. The Hall–Kier alpha value is -5.51. The van der Waals surface area contributed by atoms with Gasteiger partial charge in [0.25, 0.3) is 0 Å². The first-order chi connectivity index (χ1) is 28.1. The number of phenols is 1. The van der Waals surface area contributed by atoms with Crippen LogP contribution in [-0.2, 0) is 46.4 Å². The summed E-state index contributed by atoms with van der Waals surface area (Å²) in [5.41, 5.74) is 7.35. The number of benzene rings is 2. The molecule has 0 saturated heterocycles. The van der Waals surface area contributed by atoms with Gasteiger partial charge in [-0.3, -0.25) is 28.8 Å². The molecule has 2 aromatic carbocycles. The molecule has 2 rings (SSSR count). The summed E-state index contributed by atoms with van der Waals surface area (Å²) >= 11 is 0. The van der Waals surface area contributed by atoms with Gasteiger partial charge in [0.1, 0.15) is 42.0 Å². The third kappa shape index (κ3) is 17.0. The number of carbonyl (C=O) groups is 7. The minimum absolute atomic E-state index is 0.0163. The van der Waals surface area contributed by atoms with Crippen molar-refractivity contribution in [1.82, 2.24) is 31.9 Å². The van der Waals surface area contributed by atoms with E-state index in [0.29, 0.717) is 17.5 Å². The SMILES string of the molecule is CC[C@H](C)[C@H](NC(=O)[C@@H](N)C(C)C)C(=O)N[C@@H](Cc1ccccc1)C(=O)N[C@@H](Cc1ccc(O)cc1)C(=O)N[C@@H](CC(C)C)C(=O)N[C@@H](C)C(=O)N[C@@H](CC(C)C)C(=O)O. The second-order valence-corrected chi connectivity index (χ2v) is 16.8. The van der Waals surface area contributed by atoms with Crippen molar-refractivity contribution in [2.24, 2.45) is 29.4 Å². The Morgan fingerprint density at radius 3 is 1.48 bits per heavy atom. The number of nitrogens with one attached hydrogen (secondary N) is 6. The molecular formula is C44H67N7O9. The highest BCUT2D eigenvalue weighted by Crippen LogP contribution is 2.15. The lowest BCUT2D eigenvalue weighted by Crippen LogP contribution is -2.61. The Morgan fingerprint density at radius 1 is 0.550 bits per heavy atom. The van der Waals surface area contributed by atoms with E-state index in [2.05, 4.69) is 31.9 Å². The molecule has 0 aliphatic heterocycles. The van der Waals surface area contributed by atoms with Gasteiger partial charge in [-0.25, -0.2) is 4.79 Å². The second-order valence-electron chi connectivity index (χ2n) is 16.8. The number of aromatic hydroxyl groups is 1. The van der Waals surface area contributed by atoms with Gasteiger partial charge in [0.15, 0.2) is 0 Å². The number of amides is 6. The van der Waals surface area contributed by atoms with Gasteiger partial charge >= 0.3 is 5.97 Å². The van der Waals surface area contributed by atoms with Gasteiger partial charge in [-0.05, 0) is 66.7 Å². The molecule has 6 amide bonds. The predicted octanol–water partition coefficient (Wildman–Crippen LogP) is 2.31. The van der Waals surface area contributed by atoms with Gasteiger partial charge in [-0.2, -0.15) is 0 Å². The van der Waals surface area contributed by atoms with Crippen molar-refractivity contribution in [2.45, 2.75) is 137 Å². The van der Waals surface area contributed by atoms with E-state index in [0.717, 1.165) is 0 Å². The van der Waals surface area contributed by atoms with Crippen LogP contribution in [0.2, 0.25) is 0 Å². The van der Waals surface area contributed by atoms with Crippen molar-refractivity contribution < 1.29 is 43.8 Å². The quantitative estimate of drug-likeness (QED) is 0.0746. The zero-order chi connectivity index (χ0) is 45.3. The van der Waals surface area contributed by atoms with E-state index in [9.17, 15) is 43.8 Å². The van der Waals surface area contributed by atoms with Crippen molar-refractivity contribution >= 4 is 41.4 Å². The number of nitrogens with two attached hydrogens (primary N) is 1. The summed E-state index contributed by atoms with van der Waals surface area (Å²) in [6.07, 6.45) is 0.794. The number of aliphatic carboxylic acids is 1. The van der Waals surface area contributed by atoms with Gasteiger partial charge in [0.05, 0.1) is 6.04 Å². The number of hydrogen-bond donors (Lipinski definition) is 9. The zero-order valence-corrected chi connectivity index (χ0v) is 36.4. The van der Waals surface area contributed by atoms with E-state index >= 15 is 0 Å². The van der Waals surface area contributed by atoms with Crippen LogP contribution in [0.15, 0.2) is 54.6 Å². The molecule has 332 valence electrons. The third-order valence-corrected chi connectivity index (χ3v) is 10.2. The lowest BCUT2D eigenvalue weighted by atomic mass is 9.95. The van der Waals surface area contributed by atoms with Crippen LogP contribution in [0.1, 0.15) is 92.7 Å². The first-order valence-electron chi connectivity index (χ1n) is 20.8. The monoisotopic (exact) mass is 838 g/mol. The molecule has 0 spiro atoms. The van der Waals surface area contributed by atoms with Crippen molar-refractivity contribution in [1.29, 1.82) is 0 Å². The summed E-state index contributed by atoms with van der Waals surface area (Å²) < 4.78 is 0. The number of hydrogen-bond acceptors (Lipinski definition) is 9. The van der Waals surface area contributed by atoms with E-state index in [1.807, 2.05) is 34.6 Å². The summed E-state index contributed by atoms with van der Waals surface area (Å²) in [5, 5.41) is 35.6.